The van der Waals surface area contributed by atoms with Crippen LogP contribution in [0.2, 0.25) is 0 Å². The number of ether oxygens (including phenoxy) is 1. The Morgan fingerprint density at radius 3 is 2.47 bits per heavy atom. The molecule has 5 unspecified atom stereocenters. The van der Waals surface area contributed by atoms with Gasteiger partial charge in [-0.3, -0.25) is 19.2 Å². The summed E-state index contributed by atoms with van der Waals surface area (Å²) in [5, 5.41) is 2.90. The van der Waals surface area contributed by atoms with Gasteiger partial charge in [0.25, 0.3) is 0 Å². The largest absolute Gasteiger partial charge is 0.497 e. The smallest absolute Gasteiger partial charge is 0.228 e. The van der Waals surface area contributed by atoms with Crippen molar-refractivity contribution >= 4 is 28.9 Å². The summed E-state index contributed by atoms with van der Waals surface area (Å²) in [5.74, 6) is 0.310. The lowest BCUT2D eigenvalue weighted by Crippen LogP contribution is -2.35. The van der Waals surface area contributed by atoms with Crippen LogP contribution < -0.4 is 10.1 Å². The molecule has 0 bridgehead atoms. The summed E-state index contributed by atoms with van der Waals surface area (Å²) in [6.07, 6.45) is 2.30. The Bertz CT molecular complexity index is 1180. The second-order valence-electron chi connectivity index (χ2n) is 10.5. The van der Waals surface area contributed by atoms with Crippen molar-refractivity contribution in [2.24, 2.45) is 29.6 Å². The number of anilines is 1. The molecule has 2 aliphatic carbocycles. The maximum absolute atomic E-state index is 13.2. The summed E-state index contributed by atoms with van der Waals surface area (Å²) in [5.41, 5.74) is 3.19. The quantitative estimate of drug-likeness (QED) is 0.532. The SMILES string of the molecule is COc1ccc(NC(=O)Cc2ccc3c(c2)CC(C(C)C2CCC(=O)C(C)C(C)C2=O)CC3=O)cc1.[HH].[HH]. The zero-order chi connectivity index (χ0) is 26.0. The number of nitrogens with one attached hydrogen (secondary N) is 1. The highest BCUT2D eigenvalue weighted by Crippen LogP contribution is 2.39. The van der Waals surface area contributed by atoms with Gasteiger partial charge in [-0.1, -0.05) is 39.0 Å². The molecule has 0 aliphatic heterocycles. The molecule has 36 heavy (non-hydrogen) atoms. The molecule has 6 nitrogen and oxygen atoms in total. The molecule has 0 saturated heterocycles. The molecule has 0 spiro atoms. The summed E-state index contributed by atoms with van der Waals surface area (Å²) >= 11 is 0. The number of amides is 1. The van der Waals surface area contributed by atoms with Gasteiger partial charge in [-0.2, -0.15) is 0 Å². The molecule has 1 fully saturated rings. The van der Waals surface area contributed by atoms with E-state index in [0.29, 0.717) is 36.9 Å². The Morgan fingerprint density at radius 1 is 1.06 bits per heavy atom. The Balaban J connectivity index is 0.00000253. The fourth-order valence-electron chi connectivity index (χ4n) is 5.72. The summed E-state index contributed by atoms with van der Waals surface area (Å²) in [6, 6.07) is 12.8. The lowest BCUT2D eigenvalue weighted by atomic mass is 9.69. The van der Waals surface area contributed by atoms with Crippen molar-refractivity contribution in [2.45, 2.75) is 52.9 Å². The molecular formula is C30H39NO5. The number of hydrogen-bond donors (Lipinski definition) is 1. The van der Waals surface area contributed by atoms with E-state index < -0.39 is 0 Å². The number of carbonyl (C=O) groups excluding carboxylic acids is 4. The van der Waals surface area contributed by atoms with E-state index in [1.54, 1.807) is 31.4 Å². The van der Waals surface area contributed by atoms with Crippen LogP contribution in [0.25, 0.3) is 0 Å². The topological polar surface area (TPSA) is 89.5 Å². The second-order valence-corrected chi connectivity index (χ2v) is 10.5. The van der Waals surface area contributed by atoms with E-state index in [1.807, 2.05) is 32.0 Å². The van der Waals surface area contributed by atoms with Crippen LogP contribution in [0.1, 0.15) is 64.4 Å². The predicted molar refractivity (Wildman–Crippen MR) is 142 cm³/mol. The van der Waals surface area contributed by atoms with Gasteiger partial charge in [0.1, 0.15) is 17.3 Å². The lowest BCUT2D eigenvalue weighted by Gasteiger charge is -2.33. The predicted octanol–water partition coefficient (Wildman–Crippen LogP) is 5.57. The molecule has 2 aliphatic rings. The maximum atomic E-state index is 13.2. The Labute approximate surface area is 215 Å². The van der Waals surface area contributed by atoms with Crippen LogP contribution in [-0.2, 0) is 27.2 Å². The number of rotatable bonds is 6. The van der Waals surface area contributed by atoms with Gasteiger partial charge in [-0.25, -0.2) is 0 Å². The molecule has 1 amide bonds. The molecule has 0 heterocycles. The van der Waals surface area contributed by atoms with E-state index in [4.69, 9.17) is 4.74 Å². The third-order valence-corrected chi connectivity index (χ3v) is 8.29. The van der Waals surface area contributed by atoms with Crippen LogP contribution in [0.5, 0.6) is 5.75 Å². The summed E-state index contributed by atoms with van der Waals surface area (Å²) < 4.78 is 5.15. The molecule has 1 saturated carbocycles. The number of hydrogen-bond acceptors (Lipinski definition) is 5. The Hall–Kier alpha value is -3.28. The van der Waals surface area contributed by atoms with Gasteiger partial charge < -0.3 is 10.1 Å². The van der Waals surface area contributed by atoms with Crippen molar-refractivity contribution in [1.29, 1.82) is 0 Å². The molecular weight excluding hydrogens is 454 g/mol. The van der Waals surface area contributed by atoms with Crippen molar-refractivity contribution in [2.75, 3.05) is 12.4 Å². The highest BCUT2D eigenvalue weighted by Gasteiger charge is 2.41. The molecule has 0 aromatic heterocycles. The van der Waals surface area contributed by atoms with E-state index in [9.17, 15) is 19.2 Å². The van der Waals surface area contributed by atoms with Crippen LogP contribution in [0.3, 0.4) is 0 Å². The number of Topliss-reactive ketones (excluding diaryl/α,β-unsaturated/α-hetero) is 3. The molecule has 1 N–H and O–H groups in total. The zero-order valence-corrected chi connectivity index (χ0v) is 21.5. The van der Waals surface area contributed by atoms with Crippen molar-refractivity contribution in [3.63, 3.8) is 0 Å². The van der Waals surface area contributed by atoms with Gasteiger partial charge in [0.15, 0.2) is 5.78 Å². The minimum atomic E-state index is -0.283. The highest BCUT2D eigenvalue weighted by molar-refractivity contribution is 5.99. The molecule has 2 aromatic carbocycles. The van der Waals surface area contributed by atoms with Crippen LogP contribution in [-0.4, -0.2) is 30.4 Å². The van der Waals surface area contributed by atoms with Gasteiger partial charge in [-0.15, -0.1) is 0 Å². The fourth-order valence-corrected chi connectivity index (χ4v) is 5.72. The molecule has 194 valence electrons. The van der Waals surface area contributed by atoms with Gasteiger partial charge in [0, 0.05) is 44.7 Å². The molecule has 6 heteroatoms. The van der Waals surface area contributed by atoms with E-state index in [-0.39, 0.29) is 62.1 Å². The van der Waals surface area contributed by atoms with Crippen molar-refractivity contribution in [3.05, 3.63) is 59.2 Å². The first-order valence-corrected chi connectivity index (χ1v) is 12.8. The first-order valence-electron chi connectivity index (χ1n) is 12.8. The standard InChI is InChI=1S/C30H35NO5.2H2/c1-17-18(2)30(35)25(11-12-27(17)32)19(3)21-15-22-13-20(5-10-26(22)28(33)16-21)14-29(34)31-23-6-8-24(36-4)9-7-23;;/h5-10,13,17-19,21,25H,11-12,14-16H2,1-4H3,(H,31,34);2*1H. The maximum Gasteiger partial charge on any atom is 0.228 e. The Morgan fingerprint density at radius 2 is 1.78 bits per heavy atom. The fraction of sp³-hybridized carbons (Fsp3) is 0.467. The summed E-state index contributed by atoms with van der Waals surface area (Å²) in [7, 11) is 1.59. The van der Waals surface area contributed by atoms with Crippen molar-refractivity contribution in [1.82, 2.24) is 0 Å². The van der Waals surface area contributed by atoms with E-state index in [1.165, 1.54) is 0 Å². The molecule has 4 rings (SSSR count). The number of methoxy groups -OCH3 is 1. The minimum Gasteiger partial charge on any atom is -0.497 e. The van der Waals surface area contributed by atoms with Crippen LogP contribution in [0, 0.1) is 29.6 Å². The van der Waals surface area contributed by atoms with Gasteiger partial charge in [0.2, 0.25) is 5.91 Å². The van der Waals surface area contributed by atoms with E-state index in [0.717, 1.165) is 16.9 Å². The average Bonchev–Trinajstić information content (AvgIpc) is 2.95. The average molecular weight is 494 g/mol. The Kier molecular flexibility index (Phi) is 7.72. The van der Waals surface area contributed by atoms with Crippen molar-refractivity contribution in [3.8, 4) is 5.75 Å². The number of fused-ring (bicyclic) bond motifs is 1. The normalized spacial score (nSPS) is 25.1. The monoisotopic (exact) mass is 493 g/mol. The summed E-state index contributed by atoms with van der Waals surface area (Å²) in [4.78, 5) is 51.2. The molecule has 2 aromatic rings. The first-order chi connectivity index (χ1) is 17.2. The second kappa shape index (κ2) is 10.8. The highest BCUT2D eigenvalue weighted by atomic mass is 16.5. The van der Waals surface area contributed by atoms with Gasteiger partial charge in [-0.05, 0) is 60.1 Å². The van der Waals surface area contributed by atoms with Crippen LogP contribution in [0.15, 0.2) is 42.5 Å². The van der Waals surface area contributed by atoms with E-state index >= 15 is 0 Å². The number of ketones is 3. The van der Waals surface area contributed by atoms with Crippen LogP contribution in [0.4, 0.5) is 5.69 Å². The molecule has 5 atom stereocenters. The van der Waals surface area contributed by atoms with Gasteiger partial charge >= 0.3 is 0 Å². The zero-order valence-electron chi connectivity index (χ0n) is 21.5. The third-order valence-electron chi connectivity index (χ3n) is 8.29. The van der Waals surface area contributed by atoms with Crippen LogP contribution >= 0.6 is 0 Å². The van der Waals surface area contributed by atoms with Gasteiger partial charge in [0.05, 0.1) is 13.5 Å². The minimum absolute atomic E-state index is 0. The molecule has 0 radical (unpaired) electrons. The van der Waals surface area contributed by atoms with Crippen molar-refractivity contribution < 1.29 is 26.8 Å². The lowest BCUT2D eigenvalue weighted by molar-refractivity contribution is -0.132. The van der Waals surface area contributed by atoms with E-state index in [2.05, 4.69) is 12.2 Å². The number of carbonyl (C=O) groups is 4. The first kappa shape index (κ1) is 25.8. The number of benzene rings is 2. The summed E-state index contributed by atoms with van der Waals surface area (Å²) in [6.45, 7) is 5.77. The third kappa shape index (κ3) is 5.43.